The van der Waals surface area contributed by atoms with Gasteiger partial charge in [-0.2, -0.15) is 0 Å². The summed E-state index contributed by atoms with van der Waals surface area (Å²) in [6, 6.07) is 0. The molecule has 0 aliphatic heterocycles. The number of aliphatic hydroxyl groups excluding tert-OH is 1. The minimum Gasteiger partial charge on any atom is -0.481 e. The molecule has 0 bridgehead atoms. The van der Waals surface area contributed by atoms with Gasteiger partial charge in [-0.05, 0) is 78.8 Å². The van der Waals surface area contributed by atoms with E-state index >= 15 is 0 Å². The first-order chi connectivity index (χ1) is 12.3. The Kier molecular flexibility index (Phi) is 4.00. The van der Waals surface area contributed by atoms with Crippen molar-refractivity contribution >= 4 is 11.8 Å². The largest absolute Gasteiger partial charge is 0.481 e. The van der Waals surface area contributed by atoms with Crippen LogP contribution in [0.2, 0.25) is 0 Å². The highest BCUT2D eigenvalue weighted by molar-refractivity contribution is 5.92. The lowest BCUT2D eigenvalue weighted by molar-refractivity contribution is -0.163. The molecule has 0 amide bonds. The lowest BCUT2D eigenvalue weighted by atomic mass is 9.46. The molecular weight excluding hydrogens is 328 g/mol. The van der Waals surface area contributed by atoms with Crippen molar-refractivity contribution in [2.75, 3.05) is 6.61 Å². The Labute approximate surface area is 155 Å². The van der Waals surface area contributed by atoms with Gasteiger partial charge in [0.05, 0.1) is 5.41 Å². The molecule has 0 unspecified atom stereocenters. The van der Waals surface area contributed by atoms with Crippen molar-refractivity contribution in [3.05, 3.63) is 23.8 Å². The highest BCUT2D eigenvalue weighted by Gasteiger charge is 2.66. The Morgan fingerprint density at radius 2 is 1.92 bits per heavy atom. The number of carboxylic acid groups (broad SMARTS) is 1. The predicted molar refractivity (Wildman–Crippen MR) is 98.4 cm³/mol. The second-order valence-corrected chi connectivity index (χ2v) is 9.49. The van der Waals surface area contributed by atoms with Crippen LogP contribution in [0.4, 0.5) is 0 Å². The predicted octanol–water partition coefficient (Wildman–Crippen LogP) is 3.75. The van der Waals surface area contributed by atoms with E-state index in [1.165, 1.54) is 5.57 Å². The normalized spacial score (nSPS) is 47.0. The molecule has 0 radical (unpaired) electrons. The van der Waals surface area contributed by atoms with Crippen LogP contribution in [0, 0.1) is 34.0 Å². The maximum Gasteiger partial charge on any atom is 0.310 e. The summed E-state index contributed by atoms with van der Waals surface area (Å²) >= 11 is 0. The molecule has 0 spiro atoms. The van der Waals surface area contributed by atoms with Crippen LogP contribution in [0.1, 0.15) is 58.8 Å². The molecule has 2 fully saturated rings. The third kappa shape index (κ3) is 2.11. The number of aliphatic carboxylic acids is 1. The molecule has 2 N–H and O–H groups in total. The van der Waals surface area contributed by atoms with Crippen molar-refractivity contribution < 1.29 is 19.8 Å². The summed E-state index contributed by atoms with van der Waals surface area (Å²) in [7, 11) is 0. The molecule has 0 saturated heterocycles. The Morgan fingerprint density at radius 3 is 2.62 bits per heavy atom. The SMILES string of the molecule is C[C@]12CCC(=O)C=C1C=C[C@@H]1[C@@H]2CC[C@@]2(C)[C@H]1CC[C@@]2(CCO)C(=O)O. The summed E-state index contributed by atoms with van der Waals surface area (Å²) < 4.78 is 0. The van der Waals surface area contributed by atoms with Gasteiger partial charge in [0.15, 0.2) is 5.78 Å². The second-order valence-electron chi connectivity index (χ2n) is 9.49. The lowest BCUT2D eigenvalue weighted by Crippen LogP contribution is -2.53. The van der Waals surface area contributed by atoms with Crippen LogP contribution >= 0.6 is 0 Å². The van der Waals surface area contributed by atoms with Gasteiger partial charge < -0.3 is 10.2 Å². The molecule has 142 valence electrons. The molecule has 0 aromatic carbocycles. The van der Waals surface area contributed by atoms with E-state index < -0.39 is 11.4 Å². The molecule has 0 heterocycles. The molecule has 4 aliphatic rings. The third-order valence-corrected chi connectivity index (χ3v) is 8.83. The summed E-state index contributed by atoms with van der Waals surface area (Å²) in [5, 5.41) is 19.7. The molecule has 2 saturated carbocycles. The van der Waals surface area contributed by atoms with Crippen LogP contribution in [-0.4, -0.2) is 28.6 Å². The van der Waals surface area contributed by atoms with Crippen molar-refractivity contribution in [3.63, 3.8) is 0 Å². The van der Waals surface area contributed by atoms with Crippen LogP contribution in [0.5, 0.6) is 0 Å². The topological polar surface area (TPSA) is 74.6 Å². The zero-order valence-corrected chi connectivity index (χ0v) is 15.8. The zero-order chi connectivity index (χ0) is 18.7. The quantitative estimate of drug-likeness (QED) is 0.806. The van der Waals surface area contributed by atoms with E-state index in [0.29, 0.717) is 37.0 Å². The van der Waals surface area contributed by atoms with E-state index in [9.17, 15) is 19.8 Å². The van der Waals surface area contributed by atoms with Crippen molar-refractivity contribution in [1.29, 1.82) is 0 Å². The fourth-order valence-electron chi connectivity index (χ4n) is 7.19. The number of hydrogen-bond donors (Lipinski definition) is 2. The van der Waals surface area contributed by atoms with Gasteiger partial charge in [-0.1, -0.05) is 26.0 Å². The monoisotopic (exact) mass is 358 g/mol. The first-order valence-corrected chi connectivity index (χ1v) is 10.1. The zero-order valence-electron chi connectivity index (χ0n) is 15.8. The van der Waals surface area contributed by atoms with Gasteiger partial charge in [-0.15, -0.1) is 0 Å². The third-order valence-electron chi connectivity index (χ3n) is 8.83. The van der Waals surface area contributed by atoms with E-state index in [1.54, 1.807) is 0 Å². The number of carboxylic acids is 1. The number of carbonyl (C=O) groups is 2. The summed E-state index contributed by atoms with van der Waals surface area (Å²) in [6.45, 7) is 4.41. The molecule has 0 aromatic heterocycles. The Bertz CT molecular complexity index is 707. The number of aliphatic hydroxyl groups is 1. The number of rotatable bonds is 3. The average Bonchev–Trinajstić information content (AvgIpc) is 2.90. The van der Waals surface area contributed by atoms with Crippen molar-refractivity contribution in [1.82, 2.24) is 0 Å². The van der Waals surface area contributed by atoms with Gasteiger partial charge >= 0.3 is 5.97 Å². The Morgan fingerprint density at radius 1 is 1.19 bits per heavy atom. The highest BCUT2D eigenvalue weighted by atomic mass is 16.4. The summed E-state index contributed by atoms with van der Waals surface area (Å²) in [5.41, 5.74) is 0.150. The first kappa shape index (κ1) is 18.0. The molecule has 0 aromatic rings. The Balaban J connectivity index is 1.74. The number of ketones is 1. The summed E-state index contributed by atoms with van der Waals surface area (Å²) in [6.07, 6.45) is 11.6. The van der Waals surface area contributed by atoms with Gasteiger partial charge in [0.1, 0.15) is 0 Å². The van der Waals surface area contributed by atoms with Crippen molar-refractivity contribution in [2.45, 2.75) is 58.8 Å². The van der Waals surface area contributed by atoms with Gasteiger partial charge in [-0.25, -0.2) is 0 Å². The molecule has 4 nitrogen and oxygen atoms in total. The number of fused-ring (bicyclic) bond motifs is 5. The van der Waals surface area contributed by atoms with Gasteiger partial charge in [0.25, 0.3) is 0 Å². The first-order valence-electron chi connectivity index (χ1n) is 10.1. The minimum absolute atomic E-state index is 0.0418. The van der Waals surface area contributed by atoms with Crippen LogP contribution in [0.3, 0.4) is 0 Å². The number of allylic oxidation sites excluding steroid dienone is 4. The average molecular weight is 358 g/mol. The van der Waals surface area contributed by atoms with Crippen LogP contribution < -0.4 is 0 Å². The van der Waals surface area contributed by atoms with E-state index in [-0.39, 0.29) is 23.2 Å². The standard InChI is InChI=1S/C22H30O4/c1-20-8-5-15(24)13-14(20)3-4-16-17(20)6-9-21(2)18(16)7-10-22(21,11-12-23)19(25)26/h3-4,13,16-18,23H,5-12H2,1-2H3,(H,25,26)/t16-,17+,18+,20+,21+,22-/m1/s1. The van der Waals surface area contributed by atoms with E-state index in [1.807, 2.05) is 6.08 Å². The van der Waals surface area contributed by atoms with E-state index in [2.05, 4.69) is 26.0 Å². The minimum atomic E-state index is -0.801. The van der Waals surface area contributed by atoms with Crippen LogP contribution in [-0.2, 0) is 9.59 Å². The van der Waals surface area contributed by atoms with E-state index in [4.69, 9.17) is 0 Å². The maximum absolute atomic E-state index is 12.3. The smallest absolute Gasteiger partial charge is 0.310 e. The summed E-state index contributed by atoms with van der Waals surface area (Å²) in [4.78, 5) is 24.2. The Hall–Kier alpha value is -1.42. The molecule has 26 heavy (non-hydrogen) atoms. The van der Waals surface area contributed by atoms with Gasteiger partial charge in [-0.3, -0.25) is 9.59 Å². The molecule has 4 rings (SSSR count). The van der Waals surface area contributed by atoms with Crippen LogP contribution in [0.15, 0.2) is 23.8 Å². The molecule has 4 heteroatoms. The van der Waals surface area contributed by atoms with Crippen molar-refractivity contribution in [2.24, 2.45) is 34.0 Å². The van der Waals surface area contributed by atoms with Gasteiger partial charge in [0.2, 0.25) is 0 Å². The second kappa shape index (κ2) is 5.79. The number of hydrogen-bond acceptors (Lipinski definition) is 3. The number of carbonyl (C=O) groups excluding carboxylic acids is 1. The maximum atomic E-state index is 12.3. The molecule has 4 aliphatic carbocycles. The van der Waals surface area contributed by atoms with Crippen molar-refractivity contribution in [3.8, 4) is 0 Å². The fourth-order valence-corrected chi connectivity index (χ4v) is 7.19. The lowest BCUT2D eigenvalue weighted by Gasteiger charge is -2.57. The van der Waals surface area contributed by atoms with E-state index in [0.717, 1.165) is 25.7 Å². The highest BCUT2D eigenvalue weighted by Crippen LogP contribution is 2.69. The molecule has 6 atom stereocenters. The van der Waals surface area contributed by atoms with Gasteiger partial charge in [0, 0.05) is 13.0 Å². The summed E-state index contributed by atoms with van der Waals surface area (Å²) in [5.74, 6) is 0.712. The van der Waals surface area contributed by atoms with Crippen LogP contribution in [0.25, 0.3) is 0 Å². The molecular formula is C22H30O4. The fraction of sp³-hybridized carbons (Fsp3) is 0.727.